The minimum atomic E-state index is -1.31. The first-order valence-electron chi connectivity index (χ1n) is 10.1. The number of hydrogen-bond donors (Lipinski definition) is 1. The zero-order valence-corrected chi connectivity index (χ0v) is 17.7. The summed E-state index contributed by atoms with van der Waals surface area (Å²) in [6.07, 6.45) is 0. The fraction of sp³-hybridized carbons (Fsp3) is 0.364. The Balaban J connectivity index is 1.64. The first-order valence-corrected chi connectivity index (χ1v) is 10.1. The van der Waals surface area contributed by atoms with E-state index in [9.17, 15) is 29.2 Å². The van der Waals surface area contributed by atoms with Gasteiger partial charge in [0, 0.05) is 37.8 Å². The summed E-state index contributed by atoms with van der Waals surface area (Å²) >= 11 is 0. The van der Waals surface area contributed by atoms with Gasteiger partial charge in [0.05, 0.1) is 11.0 Å². The van der Waals surface area contributed by atoms with Crippen molar-refractivity contribution in [3.05, 3.63) is 69.5 Å². The van der Waals surface area contributed by atoms with Gasteiger partial charge in [-0.05, 0) is 37.6 Å². The molecule has 170 valence electrons. The molecule has 2 aromatic rings. The zero-order valence-electron chi connectivity index (χ0n) is 17.7. The molecule has 1 N–H and O–H groups in total. The normalized spacial score (nSPS) is 18.9. The van der Waals surface area contributed by atoms with Gasteiger partial charge in [0.1, 0.15) is 17.1 Å². The molecule has 10 heteroatoms. The molecular weight excluding hydrogens is 421 g/mol. The van der Waals surface area contributed by atoms with E-state index in [1.165, 1.54) is 12.1 Å². The molecule has 2 atom stereocenters. The predicted octanol–water partition coefficient (Wildman–Crippen LogP) is 2.93. The molecule has 0 spiro atoms. The molecule has 1 fully saturated rings. The Hall–Kier alpha value is -3.53. The summed E-state index contributed by atoms with van der Waals surface area (Å²) in [5, 5.41) is 20.3. The van der Waals surface area contributed by atoms with Crippen molar-refractivity contribution in [3.8, 4) is 5.75 Å². The number of amides is 1. The smallest absolute Gasteiger partial charge is 0.339 e. The van der Waals surface area contributed by atoms with Crippen molar-refractivity contribution in [2.75, 3.05) is 19.7 Å². The van der Waals surface area contributed by atoms with E-state index >= 15 is 0 Å². The summed E-state index contributed by atoms with van der Waals surface area (Å²) in [5.41, 5.74) is 0.392. The molecule has 0 aliphatic carbocycles. The van der Waals surface area contributed by atoms with Gasteiger partial charge in [0.15, 0.2) is 6.61 Å². The van der Waals surface area contributed by atoms with Gasteiger partial charge in [-0.3, -0.25) is 19.8 Å². The Morgan fingerprint density at radius 1 is 1.16 bits per heavy atom. The van der Waals surface area contributed by atoms with Crippen molar-refractivity contribution in [1.82, 2.24) is 9.80 Å². The number of rotatable bonds is 7. The van der Waals surface area contributed by atoms with Gasteiger partial charge in [-0.1, -0.05) is 12.1 Å². The molecule has 0 aromatic heterocycles. The lowest BCUT2D eigenvalue weighted by Crippen LogP contribution is -2.58. The second-order valence-electron chi connectivity index (χ2n) is 7.83. The second kappa shape index (κ2) is 9.73. The van der Waals surface area contributed by atoms with Crippen LogP contribution >= 0.6 is 0 Å². The van der Waals surface area contributed by atoms with Crippen LogP contribution in [-0.2, 0) is 11.3 Å². The SMILES string of the molecule is C[C@@H]1CN(C(=O)COc2cc([N+](=O)[O-])ccc2C(=O)O)[C@@H](C)CN1Cc1ccc(F)cc1. The van der Waals surface area contributed by atoms with E-state index in [0.29, 0.717) is 19.6 Å². The van der Waals surface area contributed by atoms with Crippen LogP contribution in [-0.4, -0.2) is 63.5 Å². The lowest BCUT2D eigenvalue weighted by Gasteiger charge is -2.44. The first kappa shape index (κ1) is 23.1. The number of halogens is 1. The fourth-order valence-electron chi connectivity index (χ4n) is 3.73. The average molecular weight is 445 g/mol. The molecule has 1 heterocycles. The highest BCUT2D eigenvalue weighted by Crippen LogP contribution is 2.25. The molecule has 32 heavy (non-hydrogen) atoms. The van der Waals surface area contributed by atoms with Crippen molar-refractivity contribution in [2.45, 2.75) is 32.5 Å². The molecule has 2 aromatic carbocycles. The number of non-ortho nitro benzene ring substituents is 1. The Kier molecular flexibility index (Phi) is 7.04. The number of carboxylic acids is 1. The van der Waals surface area contributed by atoms with Gasteiger partial charge < -0.3 is 14.7 Å². The molecule has 9 nitrogen and oxygen atoms in total. The van der Waals surface area contributed by atoms with Crippen LogP contribution in [0.1, 0.15) is 29.8 Å². The number of hydrogen-bond acceptors (Lipinski definition) is 6. The predicted molar refractivity (Wildman–Crippen MR) is 113 cm³/mol. The molecule has 0 bridgehead atoms. The van der Waals surface area contributed by atoms with Crippen LogP contribution in [0.25, 0.3) is 0 Å². The van der Waals surface area contributed by atoms with Crippen molar-refractivity contribution in [2.24, 2.45) is 0 Å². The lowest BCUT2D eigenvalue weighted by molar-refractivity contribution is -0.384. The number of benzene rings is 2. The summed E-state index contributed by atoms with van der Waals surface area (Å²) in [6, 6.07) is 9.36. The summed E-state index contributed by atoms with van der Waals surface area (Å²) in [7, 11) is 0. The quantitative estimate of drug-likeness (QED) is 0.515. The molecule has 1 amide bonds. The van der Waals surface area contributed by atoms with Crippen molar-refractivity contribution >= 4 is 17.6 Å². The maximum atomic E-state index is 13.1. The Morgan fingerprint density at radius 3 is 2.47 bits per heavy atom. The monoisotopic (exact) mass is 445 g/mol. The van der Waals surface area contributed by atoms with Crippen LogP contribution in [0.2, 0.25) is 0 Å². The van der Waals surface area contributed by atoms with E-state index in [2.05, 4.69) is 4.90 Å². The van der Waals surface area contributed by atoms with Crippen LogP contribution < -0.4 is 4.74 Å². The van der Waals surface area contributed by atoms with Crippen LogP contribution in [0.4, 0.5) is 10.1 Å². The van der Waals surface area contributed by atoms with Gasteiger partial charge in [-0.15, -0.1) is 0 Å². The van der Waals surface area contributed by atoms with Crippen molar-refractivity contribution in [3.63, 3.8) is 0 Å². The largest absolute Gasteiger partial charge is 0.483 e. The zero-order chi connectivity index (χ0) is 23.4. The summed E-state index contributed by atoms with van der Waals surface area (Å²) < 4.78 is 18.5. The minimum Gasteiger partial charge on any atom is -0.483 e. The number of nitro benzene ring substituents is 1. The number of nitrogens with zero attached hydrogens (tertiary/aromatic N) is 3. The number of carboxylic acid groups (broad SMARTS) is 1. The number of aromatic carboxylic acids is 1. The van der Waals surface area contributed by atoms with Crippen LogP contribution in [0.3, 0.4) is 0 Å². The average Bonchev–Trinajstić information content (AvgIpc) is 2.75. The van der Waals surface area contributed by atoms with Gasteiger partial charge in [-0.25, -0.2) is 9.18 Å². The number of ether oxygens (including phenoxy) is 1. The number of carbonyl (C=O) groups is 2. The van der Waals surface area contributed by atoms with Gasteiger partial charge >= 0.3 is 5.97 Å². The van der Waals surface area contributed by atoms with Crippen LogP contribution in [0.5, 0.6) is 5.75 Å². The molecule has 0 unspecified atom stereocenters. The van der Waals surface area contributed by atoms with E-state index < -0.39 is 17.5 Å². The molecule has 0 saturated carbocycles. The fourth-order valence-corrected chi connectivity index (χ4v) is 3.73. The topological polar surface area (TPSA) is 113 Å². The van der Waals surface area contributed by atoms with Gasteiger partial charge in [0.25, 0.3) is 11.6 Å². The summed E-state index contributed by atoms with van der Waals surface area (Å²) in [4.78, 5) is 38.3. The third-order valence-electron chi connectivity index (χ3n) is 5.49. The Labute approximate surface area is 184 Å². The van der Waals surface area contributed by atoms with Crippen LogP contribution in [0, 0.1) is 15.9 Å². The summed E-state index contributed by atoms with van der Waals surface area (Å²) in [6.45, 7) is 5.11. The van der Waals surface area contributed by atoms with E-state index in [-0.39, 0.29) is 40.8 Å². The highest BCUT2D eigenvalue weighted by molar-refractivity contribution is 5.91. The van der Waals surface area contributed by atoms with E-state index in [0.717, 1.165) is 23.8 Å². The van der Waals surface area contributed by atoms with E-state index in [4.69, 9.17) is 4.74 Å². The molecule has 1 aliphatic heterocycles. The highest BCUT2D eigenvalue weighted by Gasteiger charge is 2.32. The molecule has 1 saturated heterocycles. The second-order valence-corrected chi connectivity index (χ2v) is 7.83. The van der Waals surface area contributed by atoms with Crippen molar-refractivity contribution < 1.29 is 28.7 Å². The third-order valence-corrected chi connectivity index (χ3v) is 5.49. The number of nitro groups is 1. The third kappa shape index (κ3) is 5.38. The lowest BCUT2D eigenvalue weighted by atomic mass is 10.1. The van der Waals surface area contributed by atoms with Gasteiger partial charge in [0.2, 0.25) is 0 Å². The standard InChI is InChI=1S/C22H24FN3O6/c1-14-11-25(15(2)10-24(14)12-16-3-5-17(23)6-4-16)21(27)13-32-20-9-18(26(30)31)7-8-19(20)22(28)29/h3-9,14-15H,10-13H2,1-2H3,(H,28,29)/t14-,15+/m1/s1. The minimum absolute atomic E-state index is 0.0348. The maximum absolute atomic E-state index is 13.1. The molecule has 1 aliphatic rings. The number of carbonyl (C=O) groups excluding carboxylic acids is 1. The van der Waals surface area contributed by atoms with Crippen molar-refractivity contribution in [1.29, 1.82) is 0 Å². The maximum Gasteiger partial charge on any atom is 0.339 e. The Morgan fingerprint density at radius 2 is 1.84 bits per heavy atom. The van der Waals surface area contributed by atoms with Crippen LogP contribution in [0.15, 0.2) is 42.5 Å². The Bertz CT molecular complexity index is 1010. The first-order chi connectivity index (χ1) is 15.2. The van der Waals surface area contributed by atoms with Gasteiger partial charge in [-0.2, -0.15) is 0 Å². The molecule has 3 rings (SSSR count). The summed E-state index contributed by atoms with van der Waals surface area (Å²) in [5.74, 6) is -2.16. The van der Waals surface area contributed by atoms with E-state index in [1.54, 1.807) is 17.0 Å². The molecule has 0 radical (unpaired) electrons. The highest BCUT2D eigenvalue weighted by atomic mass is 19.1. The number of piperazine rings is 1. The van der Waals surface area contributed by atoms with E-state index in [1.807, 2.05) is 13.8 Å². The molecular formula is C22H24FN3O6.